The van der Waals surface area contributed by atoms with Crippen molar-refractivity contribution in [3.8, 4) is 22.3 Å². The number of nitrogens with two attached hydrogens (primary N) is 1. The molecular formula is C44H58N2. The van der Waals surface area contributed by atoms with Crippen LogP contribution in [0.2, 0.25) is 0 Å². The monoisotopic (exact) mass is 634 g/mol. The minimum Gasteiger partial charge on any atom is -0.397 e. The fraction of sp³-hybridized carbons (Fsp3) is 0.455. The number of nitrogens with one attached hydrogen (secondary N) is 1. The third kappa shape index (κ3) is 6.64. The van der Waals surface area contributed by atoms with Crippen LogP contribution in [0.3, 0.4) is 0 Å². The molecule has 1 aliphatic rings. The maximum Gasteiger partial charge on any atom is 0.0632 e. The van der Waals surface area contributed by atoms with E-state index < -0.39 is 102 Å². The zero-order valence-corrected chi connectivity index (χ0v) is 28.3. The van der Waals surface area contributed by atoms with E-state index in [4.69, 9.17) is 22.2 Å². The van der Waals surface area contributed by atoms with Crippen molar-refractivity contribution < 1.29 is 26.0 Å². The molecule has 0 spiro atoms. The van der Waals surface area contributed by atoms with Crippen LogP contribution in [0.15, 0.2) is 72.7 Å². The summed E-state index contributed by atoms with van der Waals surface area (Å²) in [6.45, 7) is 1.19. The van der Waals surface area contributed by atoms with Crippen LogP contribution in [0.1, 0.15) is 156 Å². The molecule has 46 heavy (non-hydrogen) atoms. The van der Waals surface area contributed by atoms with Crippen molar-refractivity contribution in [3.63, 3.8) is 0 Å². The molecule has 0 unspecified atom stereocenters. The van der Waals surface area contributed by atoms with E-state index >= 15 is 0 Å². The van der Waals surface area contributed by atoms with E-state index in [0.717, 1.165) is 11.1 Å². The number of fused-ring (bicyclic) bond motifs is 1. The minimum atomic E-state index is -4.45. The number of nitrogen functional groups attached to an aromatic ring is 1. The van der Waals surface area contributed by atoms with Crippen molar-refractivity contribution in [2.75, 3.05) is 11.1 Å². The van der Waals surface area contributed by atoms with Gasteiger partial charge in [-0.3, -0.25) is 0 Å². The zero-order chi connectivity index (χ0) is 50.2. The van der Waals surface area contributed by atoms with Gasteiger partial charge in [-0.25, -0.2) is 0 Å². The molecule has 3 N–H and O–H groups in total. The predicted molar refractivity (Wildman–Crippen MR) is 203 cm³/mol. The van der Waals surface area contributed by atoms with Crippen LogP contribution in [0.5, 0.6) is 0 Å². The Morgan fingerprint density at radius 3 is 1.70 bits per heavy atom. The molecule has 244 valence electrons. The van der Waals surface area contributed by atoms with E-state index in [1.165, 1.54) is 0 Å². The fourth-order valence-electron chi connectivity index (χ4n) is 5.45. The van der Waals surface area contributed by atoms with Crippen LogP contribution in [-0.4, -0.2) is 0 Å². The topological polar surface area (TPSA) is 38.0 Å². The minimum absolute atomic E-state index is 0.114. The van der Waals surface area contributed by atoms with Gasteiger partial charge in [-0.2, -0.15) is 0 Å². The molecule has 2 nitrogen and oxygen atoms in total. The van der Waals surface area contributed by atoms with Gasteiger partial charge >= 0.3 is 0 Å². The fourth-order valence-corrected chi connectivity index (χ4v) is 5.45. The van der Waals surface area contributed by atoms with Crippen molar-refractivity contribution >= 4 is 17.1 Å². The first-order valence-corrected chi connectivity index (χ1v) is 15.5. The molecule has 0 atom stereocenters. The molecule has 2 heteroatoms. The molecule has 4 aromatic rings. The van der Waals surface area contributed by atoms with Crippen molar-refractivity contribution in [3.05, 3.63) is 101 Å². The average molecular weight is 634 g/mol. The summed E-state index contributed by atoms with van der Waals surface area (Å²) in [4.78, 5) is 0. The van der Waals surface area contributed by atoms with Gasteiger partial charge in [0, 0.05) is 33.1 Å². The van der Waals surface area contributed by atoms with E-state index in [-0.39, 0.29) is 16.9 Å². The van der Waals surface area contributed by atoms with Crippen molar-refractivity contribution in [2.45, 2.75) is 130 Å². The molecule has 0 radical (unpaired) electrons. The first-order valence-electron chi connectivity index (χ1n) is 25.0. The molecule has 4 aromatic carbocycles. The lowest BCUT2D eigenvalue weighted by molar-refractivity contribution is 0.332. The highest BCUT2D eigenvalue weighted by Crippen LogP contribution is 2.49. The lowest BCUT2D eigenvalue weighted by Crippen LogP contribution is -2.33. The van der Waals surface area contributed by atoms with Crippen molar-refractivity contribution in [2.24, 2.45) is 0 Å². The van der Waals surface area contributed by atoms with Gasteiger partial charge in [0.2, 0.25) is 0 Å². The molecule has 0 bridgehead atoms. The Morgan fingerprint density at radius 1 is 0.674 bits per heavy atom. The predicted octanol–water partition coefficient (Wildman–Crippen LogP) is 12.6. The number of rotatable bonds is 4. The highest BCUT2D eigenvalue weighted by atomic mass is 14.9. The van der Waals surface area contributed by atoms with Crippen LogP contribution in [0, 0.1) is 0 Å². The van der Waals surface area contributed by atoms with Crippen LogP contribution in [0.4, 0.5) is 17.1 Å². The second-order valence-electron chi connectivity index (χ2n) is 15.5. The highest BCUT2D eigenvalue weighted by Gasteiger charge is 2.37. The van der Waals surface area contributed by atoms with Crippen LogP contribution in [0.25, 0.3) is 22.3 Å². The maximum absolute atomic E-state index is 10.0. The summed E-state index contributed by atoms with van der Waals surface area (Å²) in [5, 5.41) is 3.34. The molecule has 0 saturated carbocycles. The summed E-state index contributed by atoms with van der Waals surface area (Å²) in [6, 6.07) is 12.4. The molecular weight excluding hydrogens is 556 g/mol. The summed E-state index contributed by atoms with van der Waals surface area (Å²) in [5.74, 6) is 0. The van der Waals surface area contributed by atoms with Gasteiger partial charge < -0.3 is 11.1 Å². The highest BCUT2D eigenvalue weighted by molar-refractivity contribution is 5.95. The second kappa shape index (κ2) is 11.3. The Kier molecular flexibility index (Phi) is 4.20. The number of anilines is 3. The molecule has 5 rings (SSSR count). The van der Waals surface area contributed by atoms with E-state index in [2.05, 4.69) is 11.4 Å². The van der Waals surface area contributed by atoms with Gasteiger partial charge in [0.1, 0.15) is 0 Å². The number of para-hydroxylation sites is 2. The second-order valence-corrected chi connectivity index (χ2v) is 15.5. The Bertz CT molecular complexity index is 2460. The molecule has 0 amide bonds. The quantitative estimate of drug-likeness (QED) is 0.219. The Balaban J connectivity index is 2.25. The Hall–Kier alpha value is -3.52. The van der Waals surface area contributed by atoms with Gasteiger partial charge in [-0.15, -0.1) is 0 Å². The van der Waals surface area contributed by atoms with Crippen LogP contribution >= 0.6 is 0 Å². The van der Waals surface area contributed by atoms with E-state index in [1.54, 1.807) is 30.3 Å². The van der Waals surface area contributed by atoms with E-state index in [9.17, 15) is 9.60 Å². The van der Waals surface area contributed by atoms with Crippen LogP contribution < -0.4 is 11.1 Å². The van der Waals surface area contributed by atoms with Gasteiger partial charge in [0.25, 0.3) is 0 Å². The zero-order valence-electron chi connectivity index (χ0n) is 47.3. The van der Waals surface area contributed by atoms with Gasteiger partial charge in [0.15, 0.2) is 0 Å². The molecule has 0 fully saturated rings. The first-order chi connectivity index (χ1) is 28.9. The molecule has 1 aliphatic carbocycles. The third-order valence-corrected chi connectivity index (χ3v) is 8.47. The summed E-state index contributed by atoms with van der Waals surface area (Å²) in [6.07, 6.45) is -8.90. The summed E-state index contributed by atoms with van der Waals surface area (Å²) in [7, 11) is 0. The number of benzene rings is 4. The molecule has 0 heterocycles. The third-order valence-electron chi connectivity index (χ3n) is 8.47. The van der Waals surface area contributed by atoms with Gasteiger partial charge in [-0.1, -0.05) is 138 Å². The number of hydrogen-bond donors (Lipinski definition) is 2. The Morgan fingerprint density at radius 2 is 1.17 bits per heavy atom. The van der Waals surface area contributed by atoms with E-state index in [1.807, 2.05) is 80.5 Å². The standard InChI is InChI=1S/C44H58N2/c1-40(2,3)30-22-29(23-31(25-30)41(4,5)6)34-27-32(42(7,8)9)26-33(39(34)46-38-17-15-14-16-37(38)45)28-18-19-35-36(24-28)44(12,13)21-20-43(35,10)11/h14-19,22-27,46H,20-21,45H2,1-13H3/i10D3,11D3,12D3,13D3,18D,19D,20D2,21D2,24D. The largest absolute Gasteiger partial charge is 0.397 e. The smallest absolute Gasteiger partial charge is 0.0632 e. The van der Waals surface area contributed by atoms with Crippen molar-refractivity contribution in [1.82, 2.24) is 0 Å². The summed E-state index contributed by atoms with van der Waals surface area (Å²) in [5.41, 5.74) is -3.15. The van der Waals surface area contributed by atoms with Gasteiger partial charge in [-0.05, 0) is 103 Å². The van der Waals surface area contributed by atoms with Crippen molar-refractivity contribution in [1.29, 1.82) is 0 Å². The SMILES string of the molecule is [2H]c1c([2H])c2c(c([2H])c1-c1cc(C(C)(C)C)cc(-c3cc(C(C)(C)C)cc(C(C)(C)C)c3)c1Nc1ccccc1N)C(C([2H])([2H])[2H])(C([2H])([2H])[2H])C([2H])([2H])C([2H])([2H])C2(C([2H])([2H])[2H])C([2H])([2H])[2H]. The summed E-state index contributed by atoms with van der Waals surface area (Å²) < 4.78 is 171. The average Bonchev–Trinajstić information content (AvgIpc) is 3.09. The molecule has 0 aromatic heterocycles. The molecule has 0 aliphatic heterocycles. The number of hydrogen-bond acceptors (Lipinski definition) is 2. The Labute approximate surface area is 306 Å². The molecule has 0 saturated heterocycles. The van der Waals surface area contributed by atoms with Crippen LogP contribution in [-0.2, 0) is 27.1 Å². The lowest BCUT2D eigenvalue weighted by Gasteiger charge is -2.42. The summed E-state index contributed by atoms with van der Waals surface area (Å²) >= 11 is 0. The van der Waals surface area contributed by atoms with E-state index in [0.29, 0.717) is 22.4 Å². The van der Waals surface area contributed by atoms with Gasteiger partial charge in [0.05, 0.1) is 21.2 Å². The maximum atomic E-state index is 10.0. The normalized spacial score (nSPS) is 25.5. The first kappa shape index (κ1) is 17.0. The lowest BCUT2D eigenvalue weighted by atomic mass is 9.63.